The molecule has 2 amide bonds. The van der Waals surface area contributed by atoms with Crippen molar-refractivity contribution in [1.29, 1.82) is 0 Å². The lowest BCUT2D eigenvalue weighted by atomic mass is 10.1. The average molecular weight is 392 g/mol. The van der Waals surface area contributed by atoms with E-state index in [1.807, 2.05) is 0 Å². The smallest absolute Gasteiger partial charge is 0.270 e. The molecule has 1 fully saturated rings. The number of anilines is 1. The number of carbonyl (C=O) groups excluding carboxylic acids is 2. The normalized spacial score (nSPS) is 16.4. The number of nitrogens with zero attached hydrogens (tertiary/aromatic N) is 2. The summed E-state index contributed by atoms with van der Waals surface area (Å²) in [6.45, 7) is 0.592. The van der Waals surface area contributed by atoms with Gasteiger partial charge in [-0.25, -0.2) is 4.39 Å². The Morgan fingerprint density at radius 2 is 2.00 bits per heavy atom. The molecule has 0 aliphatic carbocycles. The zero-order valence-corrected chi connectivity index (χ0v) is 14.8. The highest BCUT2D eigenvalue weighted by molar-refractivity contribution is 6.33. The van der Waals surface area contributed by atoms with E-state index in [0.29, 0.717) is 12.2 Å². The number of rotatable bonds is 5. The second-order valence-electron chi connectivity index (χ2n) is 6.18. The Balaban J connectivity index is 1.63. The second kappa shape index (κ2) is 7.71. The Kier molecular flexibility index (Phi) is 5.36. The fraction of sp³-hybridized carbons (Fsp3) is 0.222. The van der Waals surface area contributed by atoms with Gasteiger partial charge in [-0.2, -0.15) is 0 Å². The molecule has 0 radical (unpaired) electrons. The minimum Gasteiger partial charge on any atom is -0.352 e. The van der Waals surface area contributed by atoms with E-state index in [1.165, 1.54) is 41.3 Å². The molecule has 0 spiro atoms. The minimum atomic E-state index is -0.608. The monoisotopic (exact) mass is 391 g/mol. The fourth-order valence-electron chi connectivity index (χ4n) is 2.92. The van der Waals surface area contributed by atoms with Gasteiger partial charge in [-0.05, 0) is 30.3 Å². The van der Waals surface area contributed by atoms with Gasteiger partial charge in [0.1, 0.15) is 5.82 Å². The van der Waals surface area contributed by atoms with Gasteiger partial charge in [-0.1, -0.05) is 11.6 Å². The van der Waals surface area contributed by atoms with Crippen LogP contribution in [0.15, 0.2) is 42.5 Å². The molecule has 0 aromatic heterocycles. The topological polar surface area (TPSA) is 92.6 Å². The Morgan fingerprint density at radius 3 is 2.67 bits per heavy atom. The first-order chi connectivity index (χ1) is 12.8. The molecule has 2 aromatic rings. The maximum Gasteiger partial charge on any atom is 0.270 e. The molecule has 1 heterocycles. The Hall–Kier alpha value is -3.00. The first-order valence-electron chi connectivity index (χ1n) is 8.13. The number of nitrogens with one attached hydrogen (secondary N) is 1. The molecule has 1 saturated heterocycles. The van der Waals surface area contributed by atoms with E-state index < -0.39 is 10.8 Å². The van der Waals surface area contributed by atoms with Gasteiger partial charge in [0, 0.05) is 43.2 Å². The van der Waals surface area contributed by atoms with Gasteiger partial charge in [0.25, 0.3) is 11.6 Å². The van der Waals surface area contributed by atoms with E-state index in [-0.39, 0.29) is 46.9 Å². The highest BCUT2D eigenvalue weighted by atomic mass is 35.5. The van der Waals surface area contributed by atoms with Crippen LogP contribution in [0.1, 0.15) is 16.8 Å². The maximum absolute atomic E-state index is 13.0. The molecular formula is C18H15ClFN3O4. The number of non-ortho nitro benzene ring substituents is 1. The third-order valence-electron chi connectivity index (χ3n) is 4.30. The van der Waals surface area contributed by atoms with Crippen LogP contribution in [-0.4, -0.2) is 29.8 Å². The fourth-order valence-corrected chi connectivity index (χ4v) is 3.13. The minimum absolute atomic E-state index is 0.00517. The van der Waals surface area contributed by atoms with E-state index in [9.17, 15) is 24.1 Å². The van der Waals surface area contributed by atoms with Crippen LogP contribution in [-0.2, 0) is 4.79 Å². The summed E-state index contributed by atoms with van der Waals surface area (Å²) in [5.41, 5.74) is 0.366. The van der Waals surface area contributed by atoms with Crippen molar-refractivity contribution in [2.45, 2.75) is 6.42 Å². The molecule has 0 saturated carbocycles. The summed E-state index contributed by atoms with van der Waals surface area (Å²) in [4.78, 5) is 36.3. The lowest BCUT2D eigenvalue weighted by Gasteiger charge is -2.17. The molecule has 0 bridgehead atoms. The summed E-state index contributed by atoms with van der Waals surface area (Å²) >= 11 is 5.95. The van der Waals surface area contributed by atoms with Crippen LogP contribution >= 0.6 is 11.6 Å². The quantitative estimate of drug-likeness (QED) is 0.625. The Morgan fingerprint density at radius 1 is 1.30 bits per heavy atom. The van der Waals surface area contributed by atoms with E-state index in [4.69, 9.17) is 11.6 Å². The first kappa shape index (κ1) is 18.8. The average Bonchev–Trinajstić information content (AvgIpc) is 3.01. The SMILES string of the molecule is O=C(NCC1CC(=O)N(c2ccc(F)cc2)C1)c1cc([N+](=O)[O-])ccc1Cl. The number of halogens is 2. The van der Waals surface area contributed by atoms with Crippen molar-refractivity contribution in [3.05, 3.63) is 69.0 Å². The van der Waals surface area contributed by atoms with E-state index in [0.717, 1.165) is 6.07 Å². The number of benzene rings is 2. The third-order valence-corrected chi connectivity index (χ3v) is 4.63. The predicted octanol–water partition coefficient (Wildman–Crippen LogP) is 3.17. The van der Waals surface area contributed by atoms with Gasteiger partial charge >= 0.3 is 0 Å². The molecule has 1 unspecified atom stereocenters. The molecule has 1 N–H and O–H groups in total. The van der Waals surface area contributed by atoms with Gasteiger partial charge in [-0.3, -0.25) is 19.7 Å². The van der Waals surface area contributed by atoms with Crippen LogP contribution in [0.25, 0.3) is 0 Å². The van der Waals surface area contributed by atoms with Crippen LogP contribution < -0.4 is 10.2 Å². The predicted molar refractivity (Wildman–Crippen MR) is 97.3 cm³/mol. The van der Waals surface area contributed by atoms with Gasteiger partial charge in [0.2, 0.25) is 5.91 Å². The van der Waals surface area contributed by atoms with E-state index in [2.05, 4.69) is 5.32 Å². The third kappa shape index (κ3) is 4.22. The zero-order valence-electron chi connectivity index (χ0n) is 14.0. The van der Waals surface area contributed by atoms with Gasteiger partial charge in [0.15, 0.2) is 0 Å². The molecule has 140 valence electrons. The number of amides is 2. The highest BCUT2D eigenvalue weighted by Crippen LogP contribution is 2.26. The van der Waals surface area contributed by atoms with Gasteiger partial charge in [0.05, 0.1) is 15.5 Å². The van der Waals surface area contributed by atoms with Crippen molar-refractivity contribution in [2.75, 3.05) is 18.0 Å². The molecule has 1 aliphatic heterocycles. The molecular weight excluding hydrogens is 377 g/mol. The molecule has 3 rings (SSSR count). The van der Waals surface area contributed by atoms with Crippen LogP contribution in [0.2, 0.25) is 5.02 Å². The number of nitro groups is 1. The summed E-state index contributed by atoms with van der Waals surface area (Å²) in [7, 11) is 0. The van der Waals surface area contributed by atoms with Crippen LogP contribution in [0.3, 0.4) is 0 Å². The number of hydrogen-bond donors (Lipinski definition) is 1. The molecule has 1 aliphatic rings. The zero-order chi connectivity index (χ0) is 19.6. The lowest BCUT2D eigenvalue weighted by molar-refractivity contribution is -0.384. The Labute approximate surface area is 158 Å². The van der Waals surface area contributed by atoms with Gasteiger partial charge < -0.3 is 10.2 Å². The summed E-state index contributed by atoms with van der Waals surface area (Å²) in [5.74, 6) is -1.18. The number of hydrogen-bond acceptors (Lipinski definition) is 4. The largest absolute Gasteiger partial charge is 0.352 e. The second-order valence-corrected chi connectivity index (χ2v) is 6.59. The summed E-state index contributed by atoms with van der Waals surface area (Å²) < 4.78 is 13.0. The molecule has 9 heteroatoms. The molecule has 27 heavy (non-hydrogen) atoms. The van der Waals surface area contributed by atoms with Crippen molar-refractivity contribution in [3.8, 4) is 0 Å². The standard InChI is InChI=1S/C18H15ClFN3O4/c19-16-6-5-14(23(26)27)8-15(16)18(25)21-9-11-7-17(24)22(10-11)13-3-1-12(20)2-4-13/h1-6,8,11H,7,9-10H2,(H,21,25). The van der Waals surface area contributed by atoms with Gasteiger partial charge in [-0.15, -0.1) is 0 Å². The maximum atomic E-state index is 13.0. The van der Waals surface area contributed by atoms with Crippen LogP contribution in [0, 0.1) is 21.8 Å². The molecule has 1 atom stereocenters. The van der Waals surface area contributed by atoms with Crippen molar-refractivity contribution in [3.63, 3.8) is 0 Å². The van der Waals surface area contributed by atoms with Crippen molar-refractivity contribution in [2.24, 2.45) is 5.92 Å². The highest BCUT2D eigenvalue weighted by Gasteiger charge is 2.31. The summed E-state index contributed by atoms with van der Waals surface area (Å²) in [6, 6.07) is 9.24. The summed E-state index contributed by atoms with van der Waals surface area (Å²) in [6.07, 6.45) is 0.236. The van der Waals surface area contributed by atoms with Crippen molar-refractivity contribution >= 4 is 34.8 Å². The van der Waals surface area contributed by atoms with Crippen molar-refractivity contribution < 1.29 is 18.9 Å². The lowest BCUT2D eigenvalue weighted by Crippen LogP contribution is -2.31. The molecule has 2 aromatic carbocycles. The number of nitro benzene ring substituents is 1. The van der Waals surface area contributed by atoms with E-state index in [1.54, 1.807) is 0 Å². The van der Waals surface area contributed by atoms with Crippen molar-refractivity contribution in [1.82, 2.24) is 5.32 Å². The van der Waals surface area contributed by atoms with Crippen LogP contribution in [0.4, 0.5) is 15.8 Å². The van der Waals surface area contributed by atoms with Crippen LogP contribution in [0.5, 0.6) is 0 Å². The Bertz CT molecular complexity index is 904. The number of carbonyl (C=O) groups is 2. The first-order valence-corrected chi connectivity index (χ1v) is 8.51. The molecule has 7 nitrogen and oxygen atoms in total. The van der Waals surface area contributed by atoms with E-state index >= 15 is 0 Å². The summed E-state index contributed by atoms with van der Waals surface area (Å²) in [5, 5.41) is 13.6.